The van der Waals surface area contributed by atoms with Crippen molar-refractivity contribution >= 4 is 5.69 Å². The Morgan fingerprint density at radius 2 is 1.75 bits per heavy atom. The van der Waals surface area contributed by atoms with Crippen LogP contribution in [0.25, 0.3) is 0 Å². The lowest BCUT2D eigenvalue weighted by Gasteiger charge is -2.20. The zero-order valence-corrected chi connectivity index (χ0v) is 12.2. The van der Waals surface area contributed by atoms with Gasteiger partial charge in [-0.1, -0.05) is 45.0 Å². The minimum Gasteiger partial charge on any atom is -0.378 e. The van der Waals surface area contributed by atoms with Crippen LogP contribution >= 0.6 is 0 Å². The second-order valence-corrected chi connectivity index (χ2v) is 6.57. The first kappa shape index (κ1) is 13.2. The fraction of sp³-hybridized carbons (Fsp3) is 0.333. The average molecular weight is 269 g/mol. The molecule has 0 spiro atoms. The van der Waals surface area contributed by atoms with Crippen LogP contribution in [0.15, 0.2) is 42.5 Å². The molecule has 0 amide bonds. The van der Waals surface area contributed by atoms with Crippen LogP contribution in [0.2, 0.25) is 0 Å². The molecule has 2 heteroatoms. The Kier molecular flexibility index (Phi) is 3.04. The molecule has 2 aromatic rings. The molecule has 0 saturated heterocycles. The number of hydrogen-bond acceptors (Lipinski definition) is 1. The molecule has 0 radical (unpaired) electrons. The van der Waals surface area contributed by atoms with E-state index in [2.05, 4.69) is 50.4 Å². The third kappa shape index (κ3) is 2.43. The fourth-order valence-corrected chi connectivity index (χ4v) is 2.75. The number of rotatable bonds is 1. The van der Waals surface area contributed by atoms with E-state index in [1.165, 1.54) is 17.2 Å². The summed E-state index contributed by atoms with van der Waals surface area (Å²) in [5, 5.41) is 3.47. The lowest BCUT2D eigenvalue weighted by Crippen LogP contribution is -2.12. The highest BCUT2D eigenvalue weighted by Crippen LogP contribution is 2.35. The lowest BCUT2D eigenvalue weighted by atomic mass is 9.86. The quantitative estimate of drug-likeness (QED) is 0.781. The van der Waals surface area contributed by atoms with E-state index in [0.29, 0.717) is 0 Å². The molecule has 1 unspecified atom stereocenters. The molecule has 1 N–H and O–H groups in total. The van der Waals surface area contributed by atoms with Crippen LogP contribution in [0.4, 0.5) is 10.1 Å². The van der Waals surface area contributed by atoms with Crippen molar-refractivity contribution in [1.29, 1.82) is 0 Å². The smallest absolute Gasteiger partial charge is 0.123 e. The second-order valence-electron chi connectivity index (χ2n) is 6.57. The van der Waals surface area contributed by atoms with E-state index < -0.39 is 0 Å². The predicted molar refractivity (Wildman–Crippen MR) is 81.6 cm³/mol. The van der Waals surface area contributed by atoms with E-state index in [0.717, 1.165) is 17.7 Å². The van der Waals surface area contributed by atoms with Crippen molar-refractivity contribution in [1.82, 2.24) is 0 Å². The monoisotopic (exact) mass is 269 g/mol. The van der Waals surface area contributed by atoms with Gasteiger partial charge in [0.05, 0.1) is 6.04 Å². The highest BCUT2D eigenvalue weighted by Gasteiger charge is 2.22. The Labute approximate surface area is 119 Å². The van der Waals surface area contributed by atoms with Gasteiger partial charge >= 0.3 is 0 Å². The van der Waals surface area contributed by atoms with E-state index in [9.17, 15) is 4.39 Å². The first-order valence-corrected chi connectivity index (χ1v) is 7.09. The molecule has 0 saturated carbocycles. The molecule has 0 aliphatic carbocycles. The fourth-order valence-electron chi connectivity index (χ4n) is 2.75. The molecule has 1 aliphatic rings. The predicted octanol–water partition coefficient (Wildman–Crippen LogP) is 4.83. The van der Waals surface area contributed by atoms with Crippen molar-refractivity contribution in [2.45, 2.75) is 38.6 Å². The van der Waals surface area contributed by atoms with Gasteiger partial charge in [0.25, 0.3) is 0 Å². The van der Waals surface area contributed by atoms with Gasteiger partial charge in [0.1, 0.15) is 5.82 Å². The molecule has 104 valence electrons. The summed E-state index contributed by atoms with van der Waals surface area (Å²) >= 11 is 0. The van der Waals surface area contributed by atoms with Crippen molar-refractivity contribution in [3.05, 3.63) is 65.0 Å². The molecule has 20 heavy (non-hydrogen) atoms. The molecular weight excluding hydrogens is 249 g/mol. The maximum Gasteiger partial charge on any atom is 0.123 e. The Balaban J connectivity index is 1.83. The summed E-state index contributed by atoms with van der Waals surface area (Å²) in [6.07, 6.45) is 0.849. The van der Waals surface area contributed by atoms with Gasteiger partial charge in [-0.05, 0) is 46.7 Å². The normalized spacial score (nSPS) is 17.7. The molecule has 1 nitrogen and oxygen atoms in total. The molecule has 0 bridgehead atoms. The summed E-state index contributed by atoms with van der Waals surface area (Å²) in [4.78, 5) is 0. The highest BCUT2D eigenvalue weighted by molar-refractivity contribution is 5.58. The minimum atomic E-state index is -0.158. The Morgan fingerprint density at radius 1 is 1.05 bits per heavy atom. The lowest BCUT2D eigenvalue weighted by molar-refractivity contribution is 0.589. The van der Waals surface area contributed by atoms with E-state index in [1.807, 2.05) is 6.07 Å². The van der Waals surface area contributed by atoms with E-state index in [1.54, 1.807) is 6.07 Å². The zero-order valence-electron chi connectivity index (χ0n) is 12.2. The molecular formula is C18H20FN. The number of fused-ring (bicyclic) bond motifs is 1. The van der Waals surface area contributed by atoms with Crippen LogP contribution in [0.1, 0.15) is 43.5 Å². The van der Waals surface area contributed by atoms with Crippen LogP contribution in [0.5, 0.6) is 0 Å². The molecule has 3 rings (SSSR count). The van der Waals surface area contributed by atoms with E-state index >= 15 is 0 Å². The van der Waals surface area contributed by atoms with Gasteiger partial charge in [0.15, 0.2) is 0 Å². The average Bonchev–Trinajstić information content (AvgIpc) is 2.80. The van der Waals surface area contributed by atoms with Crippen molar-refractivity contribution in [3.8, 4) is 0 Å². The van der Waals surface area contributed by atoms with Crippen molar-refractivity contribution in [3.63, 3.8) is 0 Å². The molecule has 0 fully saturated rings. The van der Waals surface area contributed by atoms with E-state index in [-0.39, 0.29) is 17.3 Å². The Hall–Kier alpha value is -1.83. The first-order chi connectivity index (χ1) is 9.43. The summed E-state index contributed by atoms with van der Waals surface area (Å²) in [6, 6.07) is 14.0. The number of nitrogens with one attached hydrogen (secondary N) is 1. The molecule has 1 heterocycles. The molecule has 1 aliphatic heterocycles. The van der Waals surface area contributed by atoms with Gasteiger partial charge in [-0.15, -0.1) is 0 Å². The highest BCUT2D eigenvalue weighted by atomic mass is 19.1. The molecule has 0 aromatic heterocycles. The topological polar surface area (TPSA) is 12.0 Å². The second kappa shape index (κ2) is 4.62. The minimum absolute atomic E-state index is 0.158. The summed E-state index contributed by atoms with van der Waals surface area (Å²) in [5.41, 5.74) is 4.89. The first-order valence-electron chi connectivity index (χ1n) is 7.09. The van der Waals surface area contributed by atoms with Gasteiger partial charge in [-0.2, -0.15) is 0 Å². The number of benzene rings is 2. The maximum absolute atomic E-state index is 13.2. The summed E-state index contributed by atoms with van der Waals surface area (Å²) in [5.74, 6) is -0.158. The summed E-state index contributed by atoms with van der Waals surface area (Å²) in [6.45, 7) is 6.65. The zero-order chi connectivity index (χ0) is 14.3. The van der Waals surface area contributed by atoms with Crippen LogP contribution < -0.4 is 5.32 Å². The van der Waals surface area contributed by atoms with Crippen LogP contribution in [-0.4, -0.2) is 0 Å². The largest absolute Gasteiger partial charge is 0.378 e. The SMILES string of the molecule is CC(C)(C)c1ccc(C2Cc3cc(F)ccc3N2)cc1. The standard InChI is InChI=1S/C18H20FN/c1-18(2,3)14-6-4-12(5-7-14)17-11-13-10-15(19)8-9-16(13)20-17/h4-10,17,20H,11H2,1-3H3. The molecule has 1 atom stereocenters. The summed E-state index contributed by atoms with van der Waals surface area (Å²) in [7, 11) is 0. The van der Waals surface area contributed by atoms with Gasteiger partial charge < -0.3 is 5.32 Å². The Morgan fingerprint density at radius 3 is 2.40 bits per heavy atom. The van der Waals surface area contributed by atoms with E-state index in [4.69, 9.17) is 0 Å². The maximum atomic E-state index is 13.2. The van der Waals surface area contributed by atoms with Gasteiger partial charge in [0, 0.05) is 5.69 Å². The summed E-state index contributed by atoms with van der Waals surface area (Å²) < 4.78 is 13.2. The van der Waals surface area contributed by atoms with Crippen LogP contribution in [0.3, 0.4) is 0 Å². The van der Waals surface area contributed by atoms with Gasteiger partial charge in [-0.3, -0.25) is 0 Å². The Bertz CT molecular complexity index is 623. The van der Waals surface area contributed by atoms with Gasteiger partial charge in [-0.25, -0.2) is 4.39 Å². The van der Waals surface area contributed by atoms with Crippen molar-refractivity contribution in [2.75, 3.05) is 5.32 Å². The number of anilines is 1. The number of halogens is 1. The van der Waals surface area contributed by atoms with Gasteiger partial charge in [0.2, 0.25) is 0 Å². The van der Waals surface area contributed by atoms with Crippen molar-refractivity contribution in [2.24, 2.45) is 0 Å². The number of hydrogen-bond donors (Lipinski definition) is 1. The third-order valence-electron chi connectivity index (χ3n) is 4.00. The van der Waals surface area contributed by atoms with Crippen LogP contribution in [-0.2, 0) is 11.8 Å². The van der Waals surface area contributed by atoms with Crippen LogP contribution in [0, 0.1) is 5.82 Å². The molecule has 2 aromatic carbocycles. The van der Waals surface area contributed by atoms with Crippen molar-refractivity contribution < 1.29 is 4.39 Å². The third-order valence-corrected chi connectivity index (χ3v) is 4.00.